The van der Waals surface area contributed by atoms with Crippen LogP contribution < -0.4 is 5.32 Å². The molecule has 3 rings (SSSR count). The molecule has 0 atom stereocenters. The first kappa shape index (κ1) is 17.0. The van der Waals surface area contributed by atoms with Crippen LogP contribution in [0.25, 0.3) is 10.9 Å². The number of carbonyl (C=O) groups excluding carboxylic acids is 1. The molecule has 0 saturated carbocycles. The molecule has 1 N–H and O–H groups in total. The van der Waals surface area contributed by atoms with Gasteiger partial charge < -0.3 is 5.32 Å². The standard InChI is InChI=1S/C20H17N3OS/c1-13-6-5-8-16-14(2)10-19(23-20(13)16)25-12-18(24)22-17-9-4-3-7-15(17)11-21/h3-10H,12H2,1-2H3,(H,22,24). The Morgan fingerprint density at radius 3 is 2.76 bits per heavy atom. The molecule has 124 valence electrons. The average Bonchev–Trinajstić information content (AvgIpc) is 2.61. The number of aromatic nitrogens is 1. The van der Waals surface area contributed by atoms with Crippen LogP contribution in [0.1, 0.15) is 16.7 Å². The number of hydrogen-bond acceptors (Lipinski definition) is 4. The topological polar surface area (TPSA) is 65.8 Å². The minimum Gasteiger partial charge on any atom is -0.324 e. The first-order valence-corrected chi connectivity index (χ1v) is 8.86. The van der Waals surface area contributed by atoms with E-state index in [4.69, 9.17) is 5.26 Å². The van der Waals surface area contributed by atoms with Crippen LogP contribution in [0.15, 0.2) is 53.6 Å². The number of carbonyl (C=O) groups is 1. The monoisotopic (exact) mass is 347 g/mol. The lowest BCUT2D eigenvalue weighted by atomic mass is 10.1. The Morgan fingerprint density at radius 1 is 1.16 bits per heavy atom. The Bertz CT molecular complexity index is 992. The number of aryl methyl sites for hydroxylation is 2. The molecule has 0 radical (unpaired) electrons. The van der Waals surface area contributed by atoms with Crippen molar-refractivity contribution in [3.8, 4) is 6.07 Å². The zero-order valence-corrected chi connectivity index (χ0v) is 14.9. The van der Waals surface area contributed by atoms with E-state index in [9.17, 15) is 4.79 Å². The second-order valence-corrected chi connectivity index (χ2v) is 6.74. The average molecular weight is 347 g/mol. The molecule has 3 aromatic rings. The van der Waals surface area contributed by atoms with Crippen LogP contribution in [-0.4, -0.2) is 16.6 Å². The first-order valence-electron chi connectivity index (χ1n) is 7.87. The van der Waals surface area contributed by atoms with Crippen LogP contribution >= 0.6 is 11.8 Å². The summed E-state index contributed by atoms with van der Waals surface area (Å²) in [5, 5.41) is 13.8. The summed E-state index contributed by atoms with van der Waals surface area (Å²) in [5.41, 5.74) is 4.23. The van der Waals surface area contributed by atoms with Crippen molar-refractivity contribution in [3.63, 3.8) is 0 Å². The third-order valence-corrected chi connectivity index (χ3v) is 4.81. The fourth-order valence-electron chi connectivity index (χ4n) is 2.62. The lowest BCUT2D eigenvalue weighted by molar-refractivity contribution is -0.113. The number of nitrogens with one attached hydrogen (secondary N) is 1. The maximum atomic E-state index is 12.2. The fraction of sp³-hybridized carbons (Fsp3) is 0.150. The Kier molecular flexibility index (Phi) is 5.01. The van der Waals surface area contributed by atoms with E-state index in [-0.39, 0.29) is 11.7 Å². The van der Waals surface area contributed by atoms with Crippen molar-refractivity contribution in [3.05, 3.63) is 65.2 Å². The van der Waals surface area contributed by atoms with Crippen molar-refractivity contribution in [2.24, 2.45) is 0 Å². The molecule has 4 nitrogen and oxygen atoms in total. The van der Waals surface area contributed by atoms with E-state index in [1.807, 2.05) is 25.1 Å². The molecule has 0 bridgehead atoms. The Balaban J connectivity index is 1.73. The number of anilines is 1. The second-order valence-electron chi connectivity index (χ2n) is 5.74. The minimum atomic E-state index is -0.156. The van der Waals surface area contributed by atoms with Gasteiger partial charge in [0, 0.05) is 5.39 Å². The highest BCUT2D eigenvalue weighted by molar-refractivity contribution is 7.99. The van der Waals surface area contributed by atoms with Crippen LogP contribution in [0.4, 0.5) is 5.69 Å². The minimum absolute atomic E-state index is 0.156. The lowest BCUT2D eigenvalue weighted by Gasteiger charge is -2.09. The highest BCUT2D eigenvalue weighted by Crippen LogP contribution is 2.25. The van der Waals surface area contributed by atoms with Crippen LogP contribution in [0.2, 0.25) is 0 Å². The van der Waals surface area contributed by atoms with Gasteiger partial charge in [0.05, 0.1) is 27.5 Å². The molecule has 1 amide bonds. The van der Waals surface area contributed by atoms with Gasteiger partial charge in [-0.1, -0.05) is 42.1 Å². The molecule has 5 heteroatoms. The highest BCUT2D eigenvalue weighted by Gasteiger charge is 2.10. The van der Waals surface area contributed by atoms with Gasteiger partial charge in [-0.05, 0) is 43.2 Å². The molecule has 0 saturated heterocycles. The van der Waals surface area contributed by atoms with Crippen molar-refractivity contribution >= 4 is 34.3 Å². The molecule has 2 aromatic carbocycles. The van der Waals surface area contributed by atoms with Gasteiger partial charge in [-0.15, -0.1) is 0 Å². The van der Waals surface area contributed by atoms with Crippen molar-refractivity contribution in [2.75, 3.05) is 11.1 Å². The van der Waals surface area contributed by atoms with Gasteiger partial charge in [-0.25, -0.2) is 4.98 Å². The SMILES string of the molecule is Cc1cc(SCC(=O)Nc2ccccc2C#N)nc2c(C)cccc12. The quantitative estimate of drug-likeness (QED) is 0.708. The summed E-state index contributed by atoms with van der Waals surface area (Å²) in [5.74, 6) is 0.0841. The van der Waals surface area contributed by atoms with E-state index >= 15 is 0 Å². The summed E-state index contributed by atoms with van der Waals surface area (Å²) in [4.78, 5) is 16.9. The molecule has 0 aliphatic carbocycles. The summed E-state index contributed by atoms with van der Waals surface area (Å²) < 4.78 is 0. The number of rotatable bonds is 4. The third kappa shape index (κ3) is 3.81. The zero-order valence-electron chi connectivity index (χ0n) is 14.0. The van der Waals surface area contributed by atoms with Crippen molar-refractivity contribution < 1.29 is 4.79 Å². The van der Waals surface area contributed by atoms with E-state index in [2.05, 4.69) is 29.4 Å². The fourth-order valence-corrected chi connectivity index (χ4v) is 3.39. The molecule has 25 heavy (non-hydrogen) atoms. The predicted octanol–water partition coefficient (Wildman–Crippen LogP) is 4.45. The van der Waals surface area contributed by atoms with Crippen molar-refractivity contribution in [1.82, 2.24) is 4.98 Å². The number of fused-ring (bicyclic) bond motifs is 1. The number of benzene rings is 2. The third-order valence-electron chi connectivity index (χ3n) is 3.90. The number of amides is 1. The van der Waals surface area contributed by atoms with Crippen molar-refractivity contribution in [1.29, 1.82) is 5.26 Å². The number of pyridine rings is 1. The van der Waals surface area contributed by atoms with Gasteiger partial charge in [-0.3, -0.25) is 4.79 Å². The van der Waals surface area contributed by atoms with Gasteiger partial charge >= 0.3 is 0 Å². The summed E-state index contributed by atoms with van der Waals surface area (Å²) >= 11 is 1.39. The molecule has 1 aromatic heterocycles. The summed E-state index contributed by atoms with van der Waals surface area (Å²) in [6, 6.07) is 17.2. The van der Waals surface area contributed by atoms with Crippen LogP contribution in [0.5, 0.6) is 0 Å². The number of nitriles is 1. The maximum Gasteiger partial charge on any atom is 0.234 e. The smallest absolute Gasteiger partial charge is 0.234 e. The van der Waals surface area contributed by atoms with E-state index in [1.54, 1.807) is 24.3 Å². The molecular formula is C20H17N3OS. The summed E-state index contributed by atoms with van der Waals surface area (Å²) in [6.45, 7) is 4.09. The largest absolute Gasteiger partial charge is 0.324 e. The van der Waals surface area contributed by atoms with E-state index < -0.39 is 0 Å². The number of para-hydroxylation sites is 2. The number of hydrogen-bond donors (Lipinski definition) is 1. The Labute approximate surface area is 150 Å². The first-order chi connectivity index (χ1) is 12.1. The Hall–Kier alpha value is -2.84. The normalized spacial score (nSPS) is 10.4. The molecule has 0 spiro atoms. The van der Waals surface area contributed by atoms with Gasteiger partial charge in [0.2, 0.25) is 5.91 Å². The van der Waals surface area contributed by atoms with E-state index in [0.29, 0.717) is 11.3 Å². The molecule has 0 aliphatic heterocycles. The van der Waals surface area contributed by atoms with Crippen molar-refractivity contribution in [2.45, 2.75) is 18.9 Å². The van der Waals surface area contributed by atoms with Crippen LogP contribution in [-0.2, 0) is 4.79 Å². The van der Waals surface area contributed by atoms with E-state index in [1.165, 1.54) is 11.8 Å². The van der Waals surface area contributed by atoms with Crippen LogP contribution in [0, 0.1) is 25.2 Å². The Morgan fingerprint density at radius 2 is 1.96 bits per heavy atom. The van der Waals surface area contributed by atoms with E-state index in [0.717, 1.165) is 27.1 Å². The molecular weight excluding hydrogens is 330 g/mol. The molecule has 1 heterocycles. The highest BCUT2D eigenvalue weighted by atomic mass is 32.2. The molecule has 0 fully saturated rings. The molecule has 0 aliphatic rings. The second kappa shape index (κ2) is 7.37. The van der Waals surface area contributed by atoms with Gasteiger partial charge in [0.25, 0.3) is 0 Å². The van der Waals surface area contributed by atoms with Crippen LogP contribution in [0.3, 0.4) is 0 Å². The van der Waals surface area contributed by atoms with Gasteiger partial charge in [0.1, 0.15) is 6.07 Å². The zero-order chi connectivity index (χ0) is 17.8. The lowest BCUT2D eigenvalue weighted by Crippen LogP contribution is -2.15. The maximum absolute atomic E-state index is 12.2. The van der Waals surface area contributed by atoms with Gasteiger partial charge in [-0.2, -0.15) is 5.26 Å². The predicted molar refractivity (Wildman–Crippen MR) is 102 cm³/mol. The van der Waals surface area contributed by atoms with Gasteiger partial charge in [0.15, 0.2) is 0 Å². The summed E-state index contributed by atoms with van der Waals surface area (Å²) in [7, 11) is 0. The number of thioether (sulfide) groups is 1. The summed E-state index contributed by atoms with van der Waals surface area (Å²) in [6.07, 6.45) is 0. The number of nitrogens with zero attached hydrogens (tertiary/aromatic N) is 2. The molecule has 0 unspecified atom stereocenters.